The summed E-state index contributed by atoms with van der Waals surface area (Å²) in [5.74, 6) is -0.360. The minimum Gasteiger partial charge on any atom is -0.508 e. The van der Waals surface area contributed by atoms with Crippen molar-refractivity contribution in [3.05, 3.63) is 45.6 Å². The van der Waals surface area contributed by atoms with E-state index in [-0.39, 0.29) is 17.4 Å². The molecule has 3 N–H and O–H groups in total. The molecule has 0 aliphatic heterocycles. The van der Waals surface area contributed by atoms with Crippen molar-refractivity contribution in [2.24, 2.45) is 5.10 Å². The van der Waals surface area contributed by atoms with Gasteiger partial charge in [0.15, 0.2) is 0 Å². The summed E-state index contributed by atoms with van der Waals surface area (Å²) >= 11 is 1.57. The van der Waals surface area contributed by atoms with Crippen LogP contribution < -0.4 is 5.43 Å². The van der Waals surface area contributed by atoms with E-state index in [2.05, 4.69) is 17.5 Å². The van der Waals surface area contributed by atoms with E-state index in [1.54, 1.807) is 17.4 Å². The van der Waals surface area contributed by atoms with Crippen LogP contribution in [0.4, 0.5) is 0 Å². The molecule has 122 valence electrons. The van der Waals surface area contributed by atoms with Crippen LogP contribution in [-0.2, 0) is 6.42 Å². The lowest BCUT2D eigenvalue weighted by Crippen LogP contribution is -2.19. The maximum Gasteiger partial charge on any atom is 0.272 e. The van der Waals surface area contributed by atoms with E-state index in [1.807, 2.05) is 18.4 Å². The number of phenols is 2. The topological polar surface area (TPSA) is 81.9 Å². The molecule has 23 heavy (non-hydrogen) atoms. The van der Waals surface area contributed by atoms with E-state index < -0.39 is 0 Å². The van der Waals surface area contributed by atoms with E-state index in [0.29, 0.717) is 23.3 Å². The summed E-state index contributed by atoms with van der Waals surface area (Å²) < 4.78 is 0. The first-order valence-corrected chi connectivity index (χ1v) is 8.39. The van der Waals surface area contributed by atoms with Crippen molar-refractivity contribution in [1.82, 2.24) is 5.43 Å². The third-order valence-corrected chi connectivity index (χ3v) is 4.33. The minimum absolute atomic E-state index is 0.0209. The SMILES string of the molecule is CCCc1cc(C(=O)N/N=C(\CC)c2ccc(O)cc2O)cs1. The van der Waals surface area contributed by atoms with Gasteiger partial charge in [-0.1, -0.05) is 20.3 Å². The van der Waals surface area contributed by atoms with Crippen LogP contribution in [-0.4, -0.2) is 21.8 Å². The highest BCUT2D eigenvalue weighted by atomic mass is 32.1. The summed E-state index contributed by atoms with van der Waals surface area (Å²) in [6.07, 6.45) is 2.53. The second-order valence-electron chi connectivity index (χ2n) is 5.11. The van der Waals surface area contributed by atoms with Gasteiger partial charge in [-0.15, -0.1) is 11.3 Å². The van der Waals surface area contributed by atoms with E-state index >= 15 is 0 Å². The Hall–Kier alpha value is -2.34. The number of rotatable bonds is 6. The van der Waals surface area contributed by atoms with Gasteiger partial charge in [0, 0.05) is 21.9 Å². The fraction of sp³-hybridized carbons (Fsp3) is 0.294. The quantitative estimate of drug-likeness (QED) is 0.558. The molecule has 0 aliphatic rings. The minimum atomic E-state index is -0.271. The van der Waals surface area contributed by atoms with Gasteiger partial charge >= 0.3 is 0 Å². The van der Waals surface area contributed by atoms with Crippen LogP contribution in [0.1, 0.15) is 47.5 Å². The number of benzene rings is 1. The van der Waals surface area contributed by atoms with Gasteiger partial charge < -0.3 is 10.2 Å². The molecule has 0 fully saturated rings. The number of nitrogens with one attached hydrogen (secondary N) is 1. The highest BCUT2D eigenvalue weighted by Crippen LogP contribution is 2.24. The molecule has 0 spiro atoms. The van der Waals surface area contributed by atoms with Crippen molar-refractivity contribution in [3.8, 4) is 11.5 Å². The summed E-state index contributed by atoms with van der Waals surface area (Å²) in [7, 11) is 0. The smallest absolute Gasteiger partial charge is 0.272 e. The van der Waals surface area contributed by atoms with E-state index in [1.165, 1.54) is 17.0 Å². The van der Waals surface area contributed by atoms with Crippen LogP contribution in [0.15, 0.2) is 34.7 Å². The Bertz CT molecular complexity index is 722. The zero-order chi connectivity index (χ0) is 16.8. The van der Waals surface area contributed by atoms with Crippen LogP contribution >= 0.6 is 11.3 Å². The van der Waals surface area contributed by atoms with Crippen LogP contribution in [0.2, 0.25) is 0 Å². The fourth-order valence-electron chi connectivity index (χ4n) is 2.15. The van der Waals surface area contributed by atoms with E-state index in [9.17, 15) is 15.0 Å². The van der Waals surface area contributed by atoms with Crippen LogP contribution in [0.25, 0.3) is 0 Å². The Balaban J connectivity index is 2.13. The van der Waals surface area contributed by atoms with E-state index in [4.69, 9.17) is 0 Å². The van der Waals surface area contributed by atoms with Crippen molar-refractivity contribution >= 4 is 23.0 Å². The lowest BCUT2D eigenvalue weighted by molar-refractivity contribution is 0.0955. The van der Waals surface area contributed by atoms with Crippen molar-refractivity contribution in [3.63, 3.8) is 0 Å². The molecule has 2 rings (SSSR count). The fourth-order valence-corrected chi connectivity index (χ4v) is 3.12. The second kappa shape index (κ2) is 7.78. The number of hydrogen-bond acceptors (Lipinski definition) is 5. The van der Waals surface area contributed by atoms with Crippen LogP contribution in [0.5, 0.6) is 11.5 Å². The highest BCUT2D eigenvalue weighted by molar-refractivity contribution is 7.10. The Morgan fingerprint density at radius 1 is 1.26 bits per heavy atom. The molecule has 0 atom stereocenters. The number of hydrazone groups is 1. The largest absolute Gasteiger partial charge is 0.508 e. The summed E-state index contributed by atoms with van der Waals surface area (Å²) in [4.78, 5) is 13.3. The van der Waals surface area contributed by atoms with Gasteiger partial charge in [-0.25, -0.2) is 5.43 Å². The Morgan fingerprint density at radius 3 is 2.70 bits per heavy atom. The van der Waals surface area contributed by atoms with Gasteiger partial charge in [0.1, 0.15) is 11.5 Å². The molecule has 0 aliphatic carbocycles. The molecule has 0 bridgehead atoms. The number of aromatic hydroxyl groups is 2. The highest BCUT2D eigenvalue weighted by Gasteiger charge is 2.11. The molecule has 0 saturated heterocycles. The molecule has 2 aromatic rings. The Morgan fingerprint density at radius 2 is 2.04 bits per heavy atom. The number of amides is 1. The first kappa shape index (κ1) is 17.0. The first-order chi connectivity index (χ1) is 11.0. The standard InChI is InChI=1S/C17H20N2O3S/c1-3-5-13-8-11(10-23-13)17(22)19-18-15(4-2)14-7-6-12(20)9-16(14)21/h6-10,20-21H,3-5H2,1-2H3,(H,19,22)/b18-15+. The number of phenolic OH excluding ortho intramolecular Hbond substituents is 2. The van der Waals surface area contributed by atoms with Gasteiger partial charge in [0.05, 0.1) is 11.3 Å². The Kier molecular flexibility index (Phi) is 5.76. The van der Waals surface area contributed by atoms with E-state index in [0.717, 1.165) is 12.8 Å². The zero-order valence-corrected chi connectivity index (χ0v) is 14.0. The number of carbonyl (C=O) groups is 1. The van der Waals surface area contributed by atoms with Gasteiger partial charge in [-0.2, -0.15) is 5.10 Å². The summed E-state index contributed by atoms with van der Waals surface area (Å²) in [6.45, 7) is 3.97. The number of aryl methyl sites for hydroxylation is 1. The molecule has 5 nitrogen and oxygen atoms in total. The van der Waals surface area contributed by atoms with Crippen LogP contribution in [0, 0.1) is 0 Å². The van der Waals surface area contributed by atoms with Crippen molar-refractivity contribution < 1.29 is 15.0 Å². The molecule has 0 radical (unpaired) electrons. The maximum absolute atomic E-state index is 12.1. The Labute approximate surface area is 139 Å². The molecular formula is C17H20N2O3S. The second-order valence-corrected chi connectivity index (χ2v) is 6.10. The van der Waals surface area contributed by atoms with Gasteiger partial charge in [0.25, 0.3) is 5.91 Å². The third kappa shape index (κ3) is 4.32. The number of nitrogens with zero attached hydrogens (tertiary/aromatic N) is 1. The van der Waals surface area contributed by atoms with Crippen LogP contribution in [0.3, 0.4) is 0 Å². The molecule has 0 saturated carbocycles. The zero-order valence-electron chi connectivity index (χ0n) is 13.2. The van der Waals surface area contributed by atoms with Crippen molar-refractivity contribution in [2.75, 3.05) is 0 Å². The van der Waals surface area contributed by atoms with Crippen molar-refractivity contribution in [2.45, 2.75) is 33.1 Å². The van der Waals surface area contributed by atoms with Gasteiger partial charge in [-0.3, -0.25) is 4.79 Å². The maximum atomic E-state index is 12.1. The normalized spacial score (nSPS) is 11.5. The lowest BCUT2D eigenvalue weighted by Gasteiger charge is -2.07. The summed E-state index contributed by atoms with van der Waals surface area (Å²) in [5, 5.41) is 25.2. The summed E-state index contributed by atoms with van der Waals surface area (Å²) in [5.41, 5.74) is 4.15. The molecule has 1 heterocycles. The number of thiophene rings is 1. The summed E-state index contributed by atoms with van der Waals surface area (Å²) in [6, 6.07) is 6.17. The monoisotopic (exact) mass is 332 g/mol. The third-order valence-electron chi connectivity index (χ3n) is 3.33. The molecule has 6 heteroatoms. The first-order valence-electron chi connectivity index (χ1n) is 7.51. The average Bonchev–Trinajstić information content (AvgIpc) is 2.98. The van der Waals surface area contributed by atoms with Gasteiger partial charge in [-0.05, 0) is 31.0 Å². The predicted molar refractivity (Wildman–Crippen MR) is 92.4 cm³/mol. The molecule has 1 aromatic heterocycles. The van der Waals surface area contributed by atoms with Crippen molar-refractivity contribution in [1.29, 1.82) is 0 Å². The predicted octanol–water partition coefficient (Wildman–Crippen LogP) is 3.66. The molecule has 1 amide bonds. The van der Waals surface area contributed by atoms with Gasteiger partial charge in [0.2, 0.25) is 0 Å². The lowest BCUT2D eigenvalue weighted by atomic mass is 10.1. The number of carbonyl (C=O) groups excluding carboxylic acids is 1. The number of hydrogen-bond donors (Lipinski definition) is 3. The average molecular weight is 332 g/mol. The molecule has 0 unspecified atom stereocenters. The molecular weight excluding hydrogens is 312 g/mol. The molecule has 1 aromatic carbocycles.